The van der Waals surface area contributed by atoms with E-state index in [1.54, 1.807) is 30.4 Å². The minimum absolute atomic E-state index is 0.00812. The maximum atomic E-state index is 13.5. The number of thiophene rings is 1. The van der Waals surface area contributed by atoms with E-state index in [-0.39, 0.29) is 10.0 Å². The van der Waals surface area contributed by atoms with Crippen LogP contribution in [0.15, 0.2) is 32.9 Å². The molecule has 0 amide bonds. The molecule has 21 heavy (non-hydrogen) atoms. The molecule has 0 fully saturated rings. The van der Waals surface area contributed by atoms with E-state index in [9.17, 15) is 12.8 Å². The van der Waals surface area contributed by atoms with Gasteiger partial charge in [0.2, 0.25) is 0 Å². The zero-order chi connectivity index (χ0) is 15.5. The molecule has 0 aliphatic carbocycles. The van der Waals surface area contributed by atoms with Gasteiger partial charge in [-0.2, -0.15) is 18.4 Å². The molecule has 0 aromatic carbocycles. The molecule has 0 saturated heterocycles. The molecule has 10 heteroatoms. The standard InChI is InChI=1S/C11H11FN4O3S2/c1-16(2)7-14-10-8(12)6-13-11(15-10)19-21(17,18)9-4-3-5-20-9/h3-7H,1-2H3. The molecule has 2 heterocycles. The van der Waals surface area contributed by atoms with Crippen LogP contribution in [0.25, 0.3) is 0 Å². The molecule has 0 N–H and O–H groups in total. The minimum Gasteiger partial charge on any atom is -0.369 e. The lowest BCUT2D eigenvalue weighted by Gasteiger charge is -2.05. The van der Waals surface area contributed by atoms with Crippen molar-refractivity contribution < 1.29 is 17.0 Å². The van der Waals surface area contributed by atoms with Crippen molar-refractivity contribution in [2.45, 2.75) is 4.21 Å². The molecule has 0 spiro atoms. The Balaban J connectivity index is 2.28. The van der Waals surface area contributed by atoms with E-state index in [1.807, 2.05) is 0 Å². The van der Waals surface area contributed by atoms with Crippen LogP contribution in [-0.4, -0.2) is 43.7 Å². The van der Waals surface area contributed by atoms with Crippen molar-refractivity contribution in [3.63, 3.8) is 0 Å². The topological polar surface area (TPSA) is 84.8 Å². The Bertz CT molecular complexity index is 745. The van der Waals surface area contributed by atoms with Crippen molar-refractivity contribution in [1.29, 1.82) is 0 Å². The monoisotopic (exact) mass is 330 g/mol. The van der Waals surface area contributed by atoms with Gasteiger partial charge in [0.1, 0.15) is 0 Å². The zero-order valence-corrected chi connectivity index (χ0v) is 12.7. The van der Waals surface area contributed by atoms with E-state index >= 15 is 0 Å². The lowest BCUT2D eigenvalue weighted by atomic mass is 10.5. The second kappa shape index (κ2) is 6.14. The van der Waals surface area contributed by atoms with E-state index < -0.39 is 21.9 Å². The van der Waals surface area contributed by atoms with Gasteiger partial charge in [-0.15, -0.1) is 11.3 Å². The maximum Gasteiger partial charge on any atom is 0.351 e. The van der Waals surface area contributed by atoms with Crippen LogP contribution < -0.4 is 4.18 Å². The van der Waals surface area contributed by atoms with E-state index in [0.717, 1.165) is 17.5 Å². The van der Waals surface area contributed by atoms with Crippen LogP contribution in [0.1, 0.15) is 0 Å². The molecule has 0 bridgehead atoms. The van der Waals surface area contributed by atoms with Crippen molar-refractivity contribution >= 4 is 33.6 Å². The second-order valence-electron chi connectivity index (χ2n) is 4.00. The van der Waals surface area contributed by atoms with Gasteiger partial charge in [-0.25, -0.2) is 9.38 Å². The lowest BCUT2D eigenvalue weighted by molar-refractivity contribution is 0.462. The summed E-state index contributed by atoms with van der Waals surface area (Å²) < 4.78 is 42.0. The van der Waals surface area contributed by atoms with Gasteiger partial charge < -0.3 is 9.08 Å². The first kappa shape index (κ1) is 15.3. The Morgan fingerprint density at radius 3 is 2.86 bits per heavy atom. The molecule has 0 atom stereocenters. The molecule has 0 radical (unpaired) electrons. The van der Waals surface area contributed by atoms with Crippen molar-refractivity contribution in [1.82, 2.24) is 14.9 Å². The van der Waals surface area contributed by atoms with Gasteiger partial charge in [0.05, 0.1) is 12.5 Å². The lowest BCUT2D eigenvalue weighted by Crippen LogP contribution is -2.11. The van der Waals surface area contributed by atoms with Crippen LogP contribution >= 0.6 is 11.3 Å². The van der Waals surface area contributed by atoms with E-state index in [4.69, 9.17) is 4.18 Å². The van der Waals surface area contributed by atoms with Gasteiger partial charge in [0.15, 0.2) is 15.8 Å². The summed E-state index contributed by atoms with van der Waals surface area (Å²) in [6.07, 6.45) is 2.12. The van der Waals surface area contributed by atoms with Crippen LogP contribution in [0.2, 0.25) is 0 Å². The summed E-state index contributed by atoms with van der Waals surface area (Å²) in [5.74, 6) is -1.09. The SMILES string of the molecule is CN(C)C=Nc1nc(OS(=O)(=O)c2cccs2)ncc1F. The summed E-state index contributed by atoms with van der Waals surface area (Å²) in [5.41, 5.74) is 0. The second-order valence-corrected chi connectivity index (χ2v) is 6.72. The van der Waals surface area contributed by atoms with Crippen LogP contribution in [-0.2, 0) is 10.1 Å². The fourth-order valence-corrected chi connectivity index (χ4v) is 2.98. The highest BCUT2D eigenvalue weighted by atomic mass is 32.3. The highest BCUT2D eigenvalue weighted by Crippen LogP contribution is 2.22. The summed E-state index contributed by atoms with van der Waals surface area (Å²) in [6, 6.07) is 2.46. The summed E-state index contributed by atoms with van der Waals surface area (Å²) in [7, 11) is -0.631. The van der Waals surface area contributed by atoms with E-state index in [1.165, 1.54) is 12.4 Å². The first-order chi connectivity index (χ1) is 9.88. The predicted molar refractivity (Wildman–Crippen MR) is 76.0 cm³/mol. The molecule has 2 aromatic heterocycles. The third-order valence-electron chi connectivity index (χ3n) is 2.04. The van der Waals surface area contributed by atoms with Gasteiger partial charge in [-0.1, -0.05) is 6.07 Å². The van der Waals surface area contributed by atoms with Crippen molar-refractivity contribution in [3.8, 4) is 6.01 Å². The van der Waals surface area contributed by atoms with Crippen LogP contribution in [0.5, 0.6) is 6.01 Å². The molecular formula is C11H11FN4O3S2. The molecule has 0 aliphatic heterocycles. The molecule has 2 rings (SSSR count). The summed E-state index contributed by atoms with van der Waals surface area (Å²) >= 11 is 0.992. The Hall–Kier alpha value is -2.07. The summed E-state index contributed by atoms with van der Waals surface area (Å²) in [6.45, 7) is 0. The Morgan fingerprint density at radius 1 is 1.48 bits per heavy atom. The average molecular weight is 330 g/mol. The minimum atomic E-state index is -4.02. The first-order valence-electron chi connectivity index (χ1n) is 5.59. The van der Waals surface area contributed by atoms with Gasteiger partial charge in [-0.05, 0) is 11.4 Å². The predicted octanol–water partition coefficient (Wildman–Crippen LogP) is 1.67. The number of rotatable bonds is 5. The van der Waals surface area contributed by atoms with Gasteiger partial charge in [0, 0.05) is 14.1 Å². The van der Waals surface area contributed by atoms with E-state index in [0.29, 0.717) is 0 Å². The third kappa shape index (κ3) is 3.95. The van der Waals surface area contributed by atoms with Crippen molar-refractivity contribution in [2.75, 3.05) is 14.1 Å². The van der Waals surface area contributed by atoms with Gasteiger partial charge in [-0.3, -0.25) is 0 Å². The largest absolute Gasteiger partial charge is 0.369 e. The zero-order valence-electron chi connectivity index (χ0n) is 11.1. The normalized spacial score (nSPS) is 11.8. The number of aliphatic imine (C=N–C) groups is 1. The number of hydrogen-bond donors (Lipinski definition) is 0. The smallest absolute Gasteiger partial charge is 0.351 e. The summed E-state index contributed by atoms with van der Waals surface area (Å²) in [4.78, 5) is 12.5. The molecule has 0 saturated carbocycles. The highest BCUT2D eigenvalue weighted by Gasteiger charge is 2.20. The number of aromatic nitrogens is 2. The first-order valence-corrected chi connectivity index (χ1v) is 7.88. The fourth-order valence-electron chi connectivity index (χ4n) is 1.19. The number of nitrogens with zero attached hydrogens (tertiary/aromatic N) is 4. The molecular weight excluding hydrogens is 319 g/mol. The Labute approximate surface area is 124 Å². The van der Waals surface area contributed by atoms with Gasteiger partial charge >= 0.3 is 16.1 Å². The van der Waals surface area contributed by atoms with Crippen LogP contribution in [0, 0.1) is 5.82 Å². The fraction of sp³-hybridized carbons (Fsp3) is 0.182. The maximum absolute atomic E-state index is 13.5. The van der Waals surface area contributed by atoms with Crippen molar-refractivity contribution in [2.24, 2.45) is 4.99 Å². The number of hydrogen-bond acceptors (Lipinski definition) is 7. The van der Waals surface area contributed by atoms with Gasteiger partial charge in [0.25, 0.3) is 0 Å². The number of halogens is 1. The Kier molecular flexibility index (Phi) is 4.48. The highest BCUT2D eigenvalue weighted by molar-refractivity contribution is 7.89. The van der Waals surface area contributed by atoms with Crippen LogP contribution in [0.3, 0.4) is 0 Å². The van der Waals surface area contributed by atoms with E-state index in [2.05, 4.69) is 15.0 Å². The summed E-state index contributed by atoms with van der Waals surface area (Å²) in [5, 5.41) is 1.59. The average Bonchev–Trinajstić information content (AvgIpc) is 2.93. The van der Waals surface area contributed by atoms with Crippen molar-refractivity contribution in [3.05, 3.63) is 29.5 Å². The third-order valence-corrected chi connectivity index (χ3v) is 4.60. The molecule has 0 aliphatic rings. The quantitative estimate of drug-likeness (QED) is 0.471. The van der Waals surface area contributed by atoms with Crippen LogP contribution in [0.4, 0.5) is 10.2 Å². The molecule has 112 valence electrons. The molecule has 2 aromatic rings. The Morgan fingerprint density at radius 2 is 2.24 bits per heavy atom. The molecule has 0 unspecified atom stereocenters. The molecule has 7 nitrogen and oxygen atoms in total.